The average molecular weight is 246 g/mol. The first-order chi connectivity index (χ1) is 8.69. The molecule has 0 fully saturated rings. The molecule has 0 spiro atoms. The monoisotopic (exact) mass is 246 g/mol. The number of carbonyl (C=O) groups excluding carboxylic acids is 1. The summed E-state index contributed by atoms with van der Waals surface area (Å²) in [5, 5.41) is 0. The normalized spacial score (nSPS) is 9.78. The molecule has 96 valence electrons. The smallest absolute Gasteiger partial charge is 0.250 e. The van der Waals surface area contributed by atoms with Crippen molar-refractivity contribution in [2.45, 2.75) is 13.0 Å². The van der Waals surface area contributed by atoms with E-state index in [9.17, 15) is 9.59 Å². The molecule has 0 aliphatic carbocycles. The third kappa shape index (κ3) is 4.05. The molecular formula is C14H18N2O2. The van der Waals surface area contributed by atoms with Crippen molar-refractivity contribution in [3.63, 3.8) is 0 Å². The van der Waals surface area contributed by atoms with E-state index in [1.54, 1.807) is 35.4 Å². The maximum absolute atomic E-state index is 11.9. The number of amides is 1. The Morgan fingerprint density at radius 3 is 2.50 bits per heavy atom. The summed E-state index contributed by atoms with van der Waals surface area (Å²) >= 11 is 0. The van der Waals surface area contributed by atoms with Gasteiger partial charge in [-0.15, -0.1) is 13.2 Å². The lowest BCUT2D eigenvalue weighted by Gasteiger charge is -2.19. The van der Waals surface area contributed by atoms with Crippen LogP contribution in [0.25, 0.3) is 0 Å². The van der Waals surface area contributed by atoms with Crippen LogP contribution in [0.1, 0.15) is 6.42 Å². The Morgan fingerprint density at radius 2 is 1.94 bits per heavy atom. The third-order valence-corrected chi connectivity index (χ3v) is 2.52. The van der Waals surface area contributed by atoms with E-state index in [-0.39, 0.29) is 11.5 Å². The number of pyridine rings is 1. The van der Waals surface area contributed by atoms with Crippen LogP contribution >= 0.6 is 0 Å². The minimum Gasteiger partial charge on any atom is -0.335 e. The maximum atomic E-state index is 11.9. The zero-order chi connectivity index (χ0) is 13.4. The van der Waals surface area contributed by atoms with Gasteiger partial charge in [-0.05, 0) is 6.07 Å². The van der Waals surface area contributed by atoms with E-state index in [0.29, 0.717) is 26.1 Å². The Hall–Kier alpha value is -2.10. The molecule has 1 amide bonds. The van der Waals surface area contributed by atoms with Crippen LogP contribution in [-0.4, -0.2) is 28.5 Å². The van der Waals surface area contributed by atoms with E-state index in [0.717, 1.165) is 0 Å². The number of nitrogens with zero attached hydrogens (tertiary/aromatic N) is 2. The van der Waals surface area contributed by atoms with Crippen molar-refractivity contribution in [2.24, 2.45) is 0 Å². The molecule has 4 nitrogen and oxygen atoms in total. The Morgan fingerprint density at radius 1 is 1.28 bits per heavy atom. The molecule has 0 aromatic carbocycles. The van der Waals surface area contributed by atoms with Gasteiger partial charge in [0.2, 0.25) is 5.91 Å². The lowest BCUT2D eigenvalue weighted by atomic mass is 10.3. The number of hydrogen-bond acceptors (Lipinski definition) is 2. The highest BCUT2D eigenvalue weighted by atomic mass is 16.2. The molecule has 1 aromatic heterocycles. The van der Waals surface area contributed by atoms with Gasteiger partial charge in [0, 0.05) is 38.3 Å². The molecule has 0 aliphatic heterocycles. The van der Waals surface area contributed by atoms with E-state index in [4.69, 9.17) is 0 Å². The Kier molecular flexibility index (Phi) is 5.64. The van der Waals surface area contributed by atoms with Crippen LogP contribution in [0.5, 0.6) is 0 Å². The highest BCUT2D eigenvalue weighted by molar-refractivity contribution is 5.76. The first-order valence-electron chi connectivity index (χ1n) is 5.84. The molecule has 0 N–H and O–H groups in total. The minimum absolute atomic E-state index is 0.00875. The van der Waals surface area contributed by atoms with Gasteiger partial charge in [0.1, 0.15) is 0 Å². The summed E-state index contributed by atoms with van der Waals surface area (Å²) in [4.78, 5) is 25.0. The van der Waals surface area contributed by atoms with Crippen molar-refractivity contribution >= 4 is 5.91 Å². The van der Waals surface area contributed by atoms with E-state index in [2.05, 4.69) is 13.2 Å². The van der Waals surface area contributed by atoms with Crippen molar-refractivity contribution in [2.75, 3.05) is 13.1 Å². The highest BCUT2D eigenvalue weighted by Crippen LogP contribution is 1.97. The standard InChI is InChI=1S/C14H18N2O2/c1-3-9-15(10-4-2)14(18)8-12-16-11-6-5-7-13(16)17/h3-7,11H,1-2,8-10,12H2. The molecule has 1 heterocycles. The van der Waals surface area contributed by atoms with Crippen LogP contribution < -0.4 is 5.56 Å². The first-order valence-corrected chi connectivity index (χ1v) is 5.84. The fraction of sp³-hybridized carbons (Fsp3) is 0.286. The molecule has 1 aromatic rings. The Bertz CT molecular complexity index is 467. The molecule has 0 aliphatic rings. The van der Waals surface area contributed by atoms with Gasteiger partial charge in [0.05, 0.1) is 0 Å². The quantitative estimate of drug-likeness (QED) is 0.683. The average Bonchev–Trinajstić information content (AvgIpc) is 2.37. The first kappa shape index (κ1) is 14.0. The van der Waals surface area contributed by atoms with Crippen molar-refractivity contribution < 1.29 is 4.79 Å². The van der Waals surface area contributed by atoms with E-state index < -0.39 is 0 Å². The van der Waals surface area contributed by atoms with Crippen LogP contribution in [0.15, 0.2) is 54.5 Å². The summed E-state index contributed by atoms with van der Waals surface area (Å²) in [6.07, 6.45) is 5.33. The second kappa shape index (κ2) is 7.27. The number of rotatable bonds is 7. The zero-order valence-electron chi connectivity index (χ0n) is 10.4. The van der Waals surface area contributed by atoms with E-state index in [1.165, 1.54) is 10.6 Å². The summed E-state index contributed by atoms with van der Waals surface area (Å²) in [7, 11) is 0. The molecule has 0 atom stereocenters. The second-order valence-corrected chi connectivity index (χ2v) is 3.86. The predicted octanol–water partition coefficient (Wildman–Crippen LogP) is 1.44. The van der Waals surface area contributed by atoms with Crippen molar-refractivity contribution in [1.29, 1.82) is 0 Å². The Labute approximate surface area is 107 Å². The van der Waals surface area contributed by atoms with Crippen LogP contribution in [0.4, 0.5) is 0 Å². The predicted molar refractivity (Wildman–Crippen MR) is 72.3 cm³/mol. The summed E-state index contributed by atoms with van der Waals surface area (Å²) in [6, 6.07) is 4.94. The largest absolute Gasteiger partial charge is 0.335 e. The SMILES string of the molecule is C=CCN(CC=C)C(=O)CCn1ccccc1=O. The van der Waals surface area contributed by atoms with Gasteiger partial charge in [-0.25, -0.2) is 0 Å². The van der Waals surface area contributed by atoms with Gasteiger partial charge in [-0.2, -0.15) is 0 Å². The van der Waals surface area contributed by atoms with Gasteiger partial charge in [-0.3, -0.25) is 9.59 Å². The highest BCUT2D eigenvalue weighted by Gasteiger charge is 2.10. The Balaban J connectivity index is 2.59. The lowest BCUT2D eigenvalue weighted by molar-refractivity contribution is -0.130. The van der Waals surface area contributed by atoms with Gasteiger partial charge in [0.15, 0.2) is 0 Å². The van der Waals surface area contributed by atoms with Crippen molar-refractivity contribution in [1.82, 2.24) is 9.47 Å². The third-order valence-electron chi connectivity index (χ3n) is 2.52. The molecule has 4 heteroatoms. The molecule has 1 rings (SSSR count). The summed E-state index contributed by atoms with van der Waals surface area (Å²) in [5.41, 5.74) is -0.0932. The summed E-state index contributed by atoms with van der Waals surface area (Å²) in [6.45, 7) is 8.61. The fourth-order valence-corrected chi connectivity index (χ4v) is 1.61. The van der Waals surface area contributed by atoms with Crippen LogP contribution in [-0.2, 0) is 11.3 Å². The number of aromatic nitrogens is 1. The van der Waals surface area contributed by atoms with Crippen molar-refractivity contribution in [3.8, 4) is 0 Å². The molecule has 0 saturated heterocycles. The van der Waals surface area contributed by atoms with E-state index in [1.807, 2.05) is 0 Å². The van der Waals surface area contributed by atoms with Gasteiger partial charge in [0.25, 0.3) is 5.56 Å². The topological polar surface area (TPSA) is 42.3 Å². The van der Waals surface area contributed by atoms with Gasteiger partial charge >= 0.3 is 0 Å². The molecule has 0 unspecified atom stereocenters. The second-order valence-electron chi connectivity index (χ2n) is 3.86. The lowest BCUT2D eigenvalue weighted by Crippen LogP contribution is -2.32. The number of aryl methyl sites for hydroxylation is 1. The van der Waals surface area contributed by atoms with Crippen molar-refractivity contribution in [3.05, 3.63) is 60.1 Å². The molecule has 0 bridgehead atoms. The van der Waals surface area contributed by atoms with Crippen LogP contribution in [0, 0.1) is 0 Å². The van der Waals surface area contributed by atoms with Gasteiger partial charge in [-0.1, -0.05) is 18.2 Å². The molecule has 0 saturated carbocycles. The van der Waals surface area contributed by atoms with E-state index >= 15 is 0 Å². The molecule has 18 heavy (non-hydrogen) atoms. The maximum Gasteiger partial charge on any atom is 0.250 e. The summed E-state index contributed by atoms with van der Waals surface area (Å²) in [5.74, 6) is -0.00875. The molecular weight excluding hydrogens is 228 g/mol. The van der Waals surface area contributed by atoms with Gasteiger partial charge < -0.3 is 9.47 Å². The molecule has 0 radical (unpaired) electrons. The number of hydrogen-bond donors (Lipinski definition) is 0. The minimum atomic E-state index is -0.0932. The summed E-state index contributed by atoms with van der Waals surface area (Å²) < 4.78 is 1.53. The number of carbonyl (C=O) groups is 1. The zero-order valence-corrected chi connectivity index (χ0v) is 10.4. The van der Waals surface area contributed by atoms with Crippen LogP contribution in [0.2, 0.25) is 0 Å². The fourth-order valence-electron chi connectivity index (χ4n) is 1.61. The van der Waals surface area contributed by atoms with Crippen LogP contribution in [0.3, 0.4) is 0 Å².